The van der Waals surface area contributed by atoms with Crippen LogP contribution in [0, 0.1) is 0 Å². The third-order valence-corrected chi connectivity index (χ3v) is 4.55. The summed E-state index contributed by atoms with van der Waals surface area (Å²) in [6.45, 7) is 0.640. The summed E-state index contributed by atoms with van der Waals surface area (Å²) in [5.41, 5.74) is 4.93. The number of sulfonamides is 1. The molecule has 1 amide bonds. The normalized spacial score (nSPS) is 15.0. The molecule has 0 saturated heterocycles. The Morgan fingerprint density at radius 1 is 1.26 bits per heavy atom. The predicted molar refractivity (Wildman–Crippen MR) is 75.0 cm³/mol. The van der Waals surface area contributed by atoms with Crippen molar-refractivity contribution in [2.75, 3.05) is 13.2 Å². The number of hydrogen-bond donors (Lipinski definition) is 2. The molecule has 1 aromatic carbocycles. The number of benzene rings is 1. The molecule has 0 unspecified atom stereocenters. The molecule has 1 heterocycles. The zero-order valence-corrected chi connectivity index (χ0v) is 12.8. The molecular weight excluding hydrogens is 328 g/mol. The number of carboxylic acid groups (broad SMARTS) is 1. The van der Waals surface area contributed by atoms with Crippen molar-refractivity contribution < 1.29 is 32.6 Å². The lowest BCUT2D eigenvalue weighted by Gasteiger charge is -2.21. The molecule has 1 atom stereocenters. The van der Waals surface area contributed by atoms with Crippen molar-refractivity contribution in [3.63, 3.8) is 0 Å². The molecule has 0 bridgehead atoms. The molecule has 1 aliphatic heterocycles. The van der Waals surface area contributed by atoms with Crippen LogP contribution in [0.5, 0.6) is 11.5 Å². The van der Waals surface area contributed by atoms with Crippen LogP contribution in [0.4, 0.5) is 0 Å². The van der Waals surface area contributed by atoms with Crippen molar-refractivity contribution in [2.24, 2.45) is 5.73 Å². The van der Waals surface area contributed by atoms with E-state index in [0.29, 0.717) is 12.4 Å². The number of carbonyl (C=O) groups is 2. The van der Waals surface area contributed by atoms with Crippen molar-refractivity contribution in [1.82, 2.24) is 4.72 Å². The quantitative estimate of drug-likeness (QED) is 0.588. The van der Waals surface area contributed by atoms with Crippen LogP contribution in [0.1, 0.15) is 12.8 Å². The van der Waals surface area contributed by atoms with E-state index in [9.17, 15) is 23.1 Å². The second-order valence-corrected chi connectivity index (χ2v) is 6.52. The number of ether oxygens (including phenoxy) is 2. The molecule has 2 rings (SSSR count). The molecule has 0 fully saturated rings. The molecule has 0 aromatic heterocycles. The van der Waals surface area contributed by atoms with Gasteiger partial charge in [0, 0.05) is 12.5 Å². The van der Waals surface area contributed by atoms with E-state index in [2.05, 4.69) is 0 Å². The molecule has 0 radical (unpaired) electrons. The van der Waals surface area contributed by atoms with Crippen LogP contribution < -0.4 is 25.0 Å². The molecule has 10 heteroatoms. The zero-order chi connectivity index (χ0) is 17.0. The number of carbonyl (C=O) groups excluding carboxylic acids is 2. The fraction of sp³-hybridized carbons (Fsp3) is 0.385. The molecule has 0 spiro atoms. The molecular formula is C13H15N2O7S-. The highest BCUT2D eigenvalue weighted by molar-refractivity contribution is 7.89. The monoisotopic (exact) mass is 343 g/mol. The van der Waals surface area contributed by atoms with Crippen LogP contribution >= 0.6 is 0 Å². The van der Waals surface area contributed by atoms with E-state index in [1.807, 2.05) is 4.72 Å². The maximum atomic E-state index is 12.3. The summed E-state index contributed by atoms with van der Waals surface area (Å²) in [5.74, 6) is -1.73. The Hall–Kier alpha value is -2.33. The number of rotatable bonds is 7. The molecule has 126 valence electrons. The topological polar surface area (TPSA) is 148 Å². The van der Waals surface area contributed by atoms with E-state index < -0.39 is 27.9 Å². The summed E-state index contributed by atoms with van der Waals surface area (Å²) in [5, 5.41) is 11.0. The average molecular weight is 343 g/mol. The van der Waals surface area contributed by atoms with Crippen molar-refractivity contribution >= 4 is 21.9 Å². The van der Waals surface area contributed by atoms with Crippen LogP contribution in [0.25, 0.3) is 0 Å². The van der Waals surface area contributed by atoms with E-state index >= 15 is 0 Å². The first-order valence-corrected chi connectivity index (χ1v) is 8.19. The minimum absolute atomic E-state index is 0.188. The van der Waals surface area contributed by atoms with Crippen LogP contribution in [0.3, 0.4) is 0 Å². The lowest BCUT2D eigenvalue weighted by atomic mass is 10.2. The van der Waals surface area contributed by atoms with Gasteiger partial charge < -0.3 is 25.1 Å². The maximum Gasteiger partial charge on any atom is 0.241 e. The average Bonchev–Trinajstić information content (AvgIpc) is 2.50. The molecule has 1 aromatic rings. The largest absolute Gasteiger partial charge is 0.548 e. The van der Waals surface area contributed by atoms with Gasteiger partial charge in [0.05, 0.1) is 16.9 Å². The lowest BCUT2D eigenvalue weighted by molar-refractivity contribution is -0.308. The Balaban J connectivity index is 2.19. The summed E-state index contributed by atoms with van der Waals surface area (Å²) < 4.78 is 37.1. The van der Waals surface area contributed by atoms with Gasteiger partial charge in [-0.05, 0) is 18.6 Å². The van der Waals surface area contributed by atoms with Gasteiger partial charge in [-0.3, -0.25) is 4.79 Å². The zero-order valence-electron chi connectivity index (χ0n) is 12.0. The minimum Gasteiger partial charge on any atom is -0.548 e. The summed E-state index contributed by atoms with van der Waals surface area (Å²) in [7, 11) is -4.14. The number of amides is 1. The van der Waals surface area contributed by atoms with Crippen LogP contribution in [0.15, 0.2) is 23.1 Å². The Morgan fingerprint density at radius 3 is 2.52 bits per heavy atom. The first kappa shape index (κ1) is 17.0. The molecule has 0 saturated carbocycles. The fourth-order valence-corrected chi connectivity index (χ4v) is 3.19. The second kappa shape index (κ2) is 6.84. The summed E-state index contributed by atoms with van der Waals surface area (Å²) in [4.78, 5) is 21.6. The number of carboxylic acids is 1. The highest BCUT2D eigenvalue weighted by atomic mass is 32.2. The summed E-state index contributed by atoms with van der Waals surface area (Å²) in [6.07, 6.45) is -0.593. The van der Waals surface area contributed by atoms with Gasteiger partial charge in [-0.1, -0.05) is 0 Å². The minimum atomic E-state index is -4.14. The number of primary amides is 1. The van der Waals surface area contributed by atoms with E-state index in [1.54, 1.807) is 0 Å². The van der Waals surface area contributed by atoms with Gasteiger partial charge in [0.25, 0.3) is 0 Å². The van der Waals surface area contributed by atoms with E-state index in [0.717, 1.165) is 0 Å². The van der Waals surface area contributed by atoms with Crippen LogP contribution in [0.2, 0.25) is 0 Å². The molecule has 1 aliphatic rings. The third kappa shape index (κ3) is 4.33. The summed E-state index contributed by atoms with van der Waals surface area (Å²) in [6, 6.07) is 2.34. The second-order valence-electron chi connectivity index (χ2n) is 4.80. The first-order valence-electron chi connectivity index (χ1n) is 6.71. The fourth-order valence-electron chi connectivity index (χ4n) is 1.96. The molecule has 3 N–H and O–H groups in total. The standard InChI is InChI=1S/C13H16N2O7S/c14-12(16)4-2-9(13(17)18)15-23(19,20)8-1-3-10-11(7-8)22-6-5-21-10/h1,3,7,9,15H,2,4-6H2,(H2,14,16)(H,17,18)/p-1/t9-/m1/s1. The number of nitrogens with one attached hydrogen (secondary N) is 1. The SMILES string of the molecule is NC(=O)CC[C@@H](NS(=O)(=O)c1ccc2c(c1)OCCO2)C(=O)[O-]. The van der Waals surface area contributed by atoms with Crippen molar-refractivity contribution in [3.05, 3.63) is 18.2 Å². The number of nitrogens with two attached hydrogens (primary N) is 1. The van der Waals surface area contributed by atoms with Gasteiger partial charge in [0.15, 0.2) is 11.5 Å². The summed E-state index contributed by atoms with van der Waals surface area (Å²) >= 11 is 0. The number of fused-ring (bicyclic) bond motifs is 1. The number of hydrogen-bond acceptors (Lipinski definition) is 7. The predicted octanol–water partition coefficient (Wildman–Crippen LogP) is -1.88. The highest BCUT2D eigenvalue weighted by Crippen LogP contribution is 2.32. The smallest absolute Gasteiger partial charge is 0.241 e. The third-order valence-electron chi connectivity index (χ3n) is 3.09. The highest BCUT2D eigenvalue weighted by Gasteiger charge is 2.23. The van der Waals surface area contributed by atoms with Gasteiger partial charge in [-0.2, -0.15) is 0 Å². The maximum absolute atomic E-state index is 12.3. The Labute approximate surface area is 132 Å². The Kier molecular flexibility index (Phi) is 5.06. The molecule has 9 nitrogen and oxygen atoms in total. The van der Waals surface area contributed by atoms with Gasteiger partial charge in [0.2, 0.25) is 15.9 Å². The van der Waals surface area contributed by atoms with E-state index in [4.69, 9.17) is 15.2 Å². The Morgan fingerprint density at radius 2 is 1.91 bits per heavy atom. The van der Waals surface area contributed by atoms with Crippen LogP contribution in [-0.4, -0.2) is 39.5 Å². The first-order chi connectivity index (χ1) is 10.8. The van der Waals surface area contributed by atoms with Gasteiger partial charge in [0.1, 0.15) is 13.2 Å². The van der Waals surface area contributed by atoms with Gasteiger partial charge in [-0.25, -0.2) is 13.1 Å². The van der Waals surface area contributed by atoms with Crippen molar-refractivity contribution in [3.8, 4) is 11.5 Å². The van der Waals surface area contributed by atoms with E-state index in [1.165, 1.54) is 18.2 Å². The van der Waals surface area contributed by atoms with Crippen LogP contribution in [-0.2, 0) is 19.6 Å². The van der Waals surface area contributed by atoms with Gasteiger partial charge >= 0.3 is 0 Å². The van der Waals surface area contributed by atoms with Crippen molar-refractivity contribution in [1.29, 1.82) is 0 Å². The number of aliphatic carboxylic acids is 1. The van der Waals surface area contributed by atoms with E-state index in [-0.39, 0.29) is 30.1 Å². The van der Waals surface area contributed by atoms with Crippen molar-refractivity contribution in [2.45, 2.75) is 23.8 Å². The molecule has 23 heavy (non-hydrogen) atoms. The van der Waals surface area contributed by atoms with Gasteiger partial charge in [-0.15, -0.1) is 0 Å². The Bertz CT molecular complexity index is 717. The molecule has 0 aliphatic carbocycles. The lowest BCUT2D eigenvalue weighted by Crippen LogP contribution is -2.48.